The highest BCUT2D eigenvalue weighted by atomic mass is 32.2. The van der Waals surface area contributed by atoms with Gasteiger partial charge in [0.25, 0.3) is 5.91 Å². The zero-order chi connectivity index (χ0) is 19.2. The molecule has 9 heteroatoms. The summed E-state index contributed by atoms with van der Waals surface area (Å²) >= 11 is 1.24. The number of amides is 1. The van der Waals surface area contributed by atoms with E-state index in [0.29, 0.717) is 33.2 Å². The van der Waals surface area contributed by atoms with Gasteiger partial charge in [0.2, 0.25) is 16.9 Å². The van der Waals surface area contributed by atoms with Gasteiger partial charge >= 0.3 is 0 Å². The van der Waals surface area contributed by atoms with Crippen LogP contribution in [0.2, 0.25) is 0 Å². The molecule has 0 aliphatic heterocycles. The molecule has 138 valence electrons. The van der Waals surface area contributed by atoms with E-state index in [1.807, 2.05) is 6.07 Å². The maximum Gasteiger partial charge on any atom is 0.259 e. The Morgan fingerprint density at radius 1 is 1.07 bits per heavy atom. The summed E-state index contributed by atoms with van der Waals surface area (Å²) in [4.78, 5) is 30.9. The molecule has 0 saturated carbocycles. The fourth-order valence-electron chi connectivity index (χ4n) is 2.16. The van der Waals surface area contributed by atoms with Gasteiger partial charge in [-0.3, -0.25) is 9.78 Å². The number of carbonyl (C=O) groups is 1. The zero-order valence-corrected chi connectivity index (χ0v) is 15.8. The SMILES string of the molecule is COc1cc(OC)nc(Sc2ccc(C(=O)N(C)c3cccnc3)cn2)n1. The van der Waals surface area contributed by atoms with E-state index in [1.165, 1.54) is 37.1 Å². The molecule has 3 aromatic heterocycles. The molecule has 3 rings (SSSR count). The van der Waals surface area contributed by atoms with Crippen molar-refractivity contribution in [3.63, 3.8) is 0 Å². The minimum atomic E-state index is -0.175. The Morgan fingerprint density at radius 3 is 2.37 bits per heavy atom. The van der Waals surface area contributed by atoms with Crippen LogP contribution < -0.4 is 14.4 Å². The van der Waals surface area contributed by atoms with Gasteiger partial charge in [0.1, 0.15) is 5.03 Å². The quantitative estimate of drug-likeness (QED) is 0.600. The molecule has 0 radical (unpaired) electrons. The van der Waals surface area contributed by atoms with E-state index in [9.17, 15) is 4.79 Å². The first-order valence-corrected chi connectivity index (χ1v) is 8.71. The van der Waals surface area contributed by atoms with Crippen molar-refractivity contribution in [2.75, 3.05) is 26.2 Å². The van der Waals surface area contributed by atoms with Crippen molar-refractivity contribution in [3.8, 4) is 11.8 Å². The smallest absolute Gasteiger partial charge is 0.259 e. The standard InChI is InChI=1S/C18H17N5O3S/c1-23(13-5-4-8-19-11-13)17(24)12-6-7-16(20-10-12)27-18-21-14(25-2)9-15(22-18)26-3/h4-11H,1-3H3. The van der Waals surface area contributed by atoms with Crippen molar-refractivity contribution >= 4 is 23.4 Å². The predicted octanol–water partition coefficient (Wildman–Crippen LogP) is 2.71. The first kappa shape index (κ1) is 18.6. The number of ether oxygens (including phenoxy) is 2. The Balaban J connectivity index is 1.75. The summed E-state index contributed by atoms with van der Waals surface area (Å²) in [5, 5.41) is 1.08. The van der Waals surface area contributed by atoms with Crippen LogP contribution in [-0.2, 0) is 0 Å². The van der Waals surface area contributed by atoms with Gasteiger partial charge in [-0.05, 0) is 36.0 Å². The molecule has 0 saturated heterocycles. The van der Waals surface area contributed by atoms with E-state index in [-0.39, 0.29) is 5.91 Å². The van der Waals surface area contributed by atoms with Crippen LogP contribution >= 0.6 is 11.8 Å². The zero-order valence-electron chi connectivity index (χ0n) is 15.0. The van der Waals surface area contributed by atoms with Crippen LogP contribution in [0.15, 0.2) is 59.1 Å². The first-order chi connectivity index (χ1) is 13.1. The van der Waals surface area contributed by atoms with E-state index in [4.69, 9.17) is 9.47 Å². The summed E-state index contributed by atoms with van der Waals surface area (Å²) in [7, 11) is 4.74. The van der Waals surface area contributed by atoms with Gasteiger partial charge in [-0.1, -0.05) is 0 Å². The van der Waals surface area contributed by atoms with Gasteiger partial charge in [-0.15, -0.1) is 0 Å². The monoisotopic (exact) mass is 383 g/mol. The lowest BCUT2D eigenvalue weighted by atomic mass is 10.2. The van der Waals surface area contributed by atoms with E-state index < -0.39 is 0 Å². The highest BCUT2D eigenvalue weighted by Gasteiger charge is 2.15. The van der Waals surface area contributed by atoms with Crippen LogP contribution in [0.3, 0.4) is 0 Å². The molecule has 0 bridgehead atoms. The summed E-state index contributed by atoms with van der Waals surface area (Å²) in [5.41, 5.74) is 1.17. The minimum Gasteiger partial charge on any atom is -0.481 e. The normalized spacial score (nSPS) is 10.3. The number of pyridine rings is 2. The van der Waals surface area contributed by atoms with E-state index in [0.717, 1.165) is 0 Å². The fourth-order valence-corrected chi connectivity index (χ4v) is 2.86. The average Bonchev–Trinajstić information content (AvgIpc) is 2.73. The van der Waals surface area contributed by atoms with Gasteiger partial charge in [0.15, 0.2) is 0 Å². The molecule has 8 nitrogen and oxygen atoms in total. The van der Waals surface area contributed by atoms with Gasteiger partial charge < -0.3 is 14.4 Å². The molecular weight excluding hydrogens is 366 g/mol. The first-order valence-electron chi connectivity index (χ1n) is 7.89. The van der Waals surface area contributed by atoms with E-state index in [1.54, 1.807) is 43.7 Å². The molecule has 0 aliphatic rings. The maximum atomic E-state index is 12.6. The molecule has 3 aromatic rings. The van der Waals surface area contributed by atoms with Crippen molar-refractivity contribution in [2.45, 2.75) is 10.2 Å². The lowest BCUT2D eigenvalue weighted by Gasteiger charge is -2.16. The molecule has 0 aliphatic carbocycles. The Labute approximate surface area is 160 Å². The van der Waals surface area contributed by atoms with Crippen LogP contribution in [0.25, 0.3) is 0 Å². The Bertz CT molecular complexity index is 900. The summed E-state index contributed by atoms with van der Waals surface area (Å²) < 4.78 is 10.3. The molecule has 1 amide bonds. The lowest BCUT2D eigenvalue weighted by Crippen LogP contribution is -2.26. The van der Waals surface area contributed by atoms with Crippen molar-refractivity contribution in [3.05, 3.63) is 54.5 Å². The largest absolute Gasteiger partial charge is 0.481 e. The summed E-state index contributed by atoms with van der Waals surface area (Å²) in [5.74, 6) is 0.620. The molecule has 3 heterocycles. The molecule has 0 atom stereocenters. The Kier molecular flexibility index (Phi) is 5.82. The van der Waals surface area contributed by atoms with E-state index in [2.05, 4.69) is 19.9 Å². The number of nitrogens with zero attached hydrogens (tertiary/aromatic N) is 5. The molecular formula is C18H17N5O3S. The number of methoxy groups -OCH3 is 2. The molecule has 0 aromatic carbocycles. The number of anilines is 1. The highest BCUT2D eigenvalue weighted by molar-refractivity contribution is 7.99. The summed E-state index contributed by atoms with van der Waals surface area (Å²) in [6.07, 6.45) is 4.81. The molecule has 0 N–H and O–H groups in total. The number of hydrogen-bond donors (Lipinski definition) is 0. The summed E-state index contributed by atoms with van der Waals surface area (Å²) in [6, 6.07) is 8.63. The van der Waals surface area contributed by atoms with Crippen molar-refractivity contribution in [1.82, 2.24) is 19.9 Å². The molecule has 0 unspecified atom stereocenters. The highest BCUT2D eigenvalue weighted by Crippen LogP contribution is 2.27. The van der Waals surface area contributed by atoms with Crippen molar-refractivity contribution < 1.29 is 14.3 Å². The third-order valence-corrected chi connectivity index (χ3v) is 4.41. The number of hydrogen-bond acceptors (Lipinski definition) is 8. The third-order valence-electron chi connectivity index (χ3n) is 3.59. The second-order valence-electron chi connectivity index (χ2n) is 5.30. The average molecular weight is 383 g/mol. The fraction of sp³-hybridized carbons (Fsp3) is 0.167. The predicted molar refractivity (Wildman–Crippen MR) is 100 cm³/mol. The molecule has 0 fully saturated rings. The Morgan fingerprint density at radius 2 is 1.81 bits per heavy atom. The van der Waals surface area contributed by atoms with Gasteiger partial charge in [-0.2, -0.15) is 9.97 Å². The number of aromatic nitrogens is 4. The van der Waals surface area contributed by atoms with Gasteiger partial charge in [0.05, 0.1) is 37.7 Å². The van der Waals surface area contributed by atoms with Crippen LogP contribution in [0.5, 0.6) is 11.8 Å². The number of rotatable bonds is 6. The maximum absolute atomic E-state index is 12.6. The van der Waals surface area contributed by atoms with Gasteiger partial charge in [-0.25, -0.2) is 4.98 Å². The van der Waals surface area contributed by atoms with Crippen molar-refractivity contribution in [2.24, 2.45) is 0 Å². The molecule has 27 heavy (non-hydrogen) atoms. The van der Waals surface area contributed by atoms with E-state index >= 15 is 0 Å². The summed E-state index contributed by atoms with van der Waals surface area (Å²) in [6.45, 7) is 0. The van der Waals surface area contributed by atoms with Crippen LogP contribution in [0.4, 0.5) is 5.69 Å². The van der Waals surface area contributed by atoms with Crippen LogP contribution in [0, 0.1) is 0 Å². The molecule has 0 spiro atoms. The Hall–Kier alpha value is -3.20. The van der Waals surface area contributed by atoms with Gasteiger partial charge in [0, 0.05) is 19.4 Å². The van der Waals surface area contributed by atoms with Crippen molar-refractivity contribution in [1.29, 1.82) is 0 Å². The number of carbonyl (C=O) groups excluding carboxylic acids is 1. The second-order valence-corrected chi connectivity index (χ2v) is 6.29. The second kappa shape index (κ2) is 8.45. The topological polar surface area (TPSA) is 90.3 Å². The third kappa shape index (κ3) is 4.50. The lowest BCUT2D eigenvalue weighted by molar-refractivity contribution is 0.0992. The minimum absolute atomic E-state index is 0.175. The van der Waals surface area contributed by atoms with Crippen LogP contribution in [0.1, 0.15) is 10.4 Å². The van der Waals surface area contributed by atoms with Crippen LogP contribution in [-0.4, -0.2) is 47.1 Å².